The molecule has 1 saturated heterocycles. The molecule has 3 heterocycles. The van der Waals surface area contributed by atoms with Crippen molar-refractivity contribution in [2.75, 3.05) is 6.61 Å². The molecule has 14 heteroatoms. The summed E-state index contributed by atoms with van der Waals surface area (Å²) in [4.78, 5) is 60.7. The van der Waals surface area contributed by atoms with E-state index in [1.54, 1.807) is 6.92 Å². The fraction of sp³-hybridized carbons (Fsp3) is 0.400. The van der Waals surface area contributed by atoms with E-state index in [9.17, 15) is 34.2 Å². The number of rotatable bonds is 5. The average molecular weight is 548 g/mol. The lowest BCUT2D eigenvalue weighted by Crippen LogP contribution is -2.54. The quantitative estimate of drug-likeness (QED) is 0.166. The smallest absolute Gasteiger partial charge is 0.389 e. The van der Waals surface area contributed by atoms with Crippen LogP contribution in [0.5, 0.6) is 0 Å². The van der Waals surface area contributed by atoms with Gasteiger partial charge in [0.15, 0.2) is 0 Å². The third-order valence-corrected chi connectivity index (χ3v) is 6.07. The van der Waals surface area contributed by atoms with E-state index in [1.165, 1.54) is 25.2 Å². The van der Waals surface area contributed by atoms with Crippen LogP contribution in [0.25, 0.3) is 0 Å². The molecule has 1 unspecified atom stereocenters. The van der Waals surface area contributed by atoms with E-state index in [0.29, 0.717) is 0 Å². The van der Waals surface area contributed by atoms with Crippen molar-refractivity contribution in [2.45, 2.75) is 57.4 Å². The molecule has 208 valence electrons. The number of ether oxygens (including phenoxy) is 7. The summed E-state index contributed by atoms with van der Waals surface area (Å²) in [5.41, 5.74) is -0.855. The van der Waals surface area contributed by atoms with Gasteiger partial charge in [-0.15, -0.1) is 0 Å². The monoisotopic (exact) mass is 548 g/mol. The molecule has 2 fully saturated rings. The van der Waals surface area contributed by atoms with E-state index in [-0.39, 0.29) is 43.4 Å². The zero-order valence-corrected chi connectivity index (χ0v) is 20.8. The Morgan fingerprint density at radius 1 is 0.846 bits per heavy atom. The average Bonchev–Trinajstić information content (AvgIpc) is 2.87. The molecule has 3 aliphatic heterocycles. The van der Waals surface area contributed by atoms with E-state index in [1.807, 2.05) is 0 Å². The Morgan fingerprint density at radius 3 is 2.00 bits per heavy atom. The van der Waals surface area contributed by atoms with Gasteiger partial charge in [0.05, 0.1) is 6.61 Å². The molecule has 14 nitrogen and oxygen atoms in total. The number of esters is 5. The molecule has 0 radical (unpaired) electrons. The lowest BCUT2D eigenvalue weighted by molar-refractivity contribution is -0.297. The first-order valence-electron chi connectivity index (χ1n) is 11.8. The fourth-order valence-corrected chi connectivity index (χ4v) is 3.96. The van der Waals surface area contributed by atoms with Crippen LogP contribution >= 0.6 is 0 Å². The van der Waals surface area contributed by atoms with Gasteiger partial charge in [-0.3, -0.25) is 0 Å². The van der Waals surface area contributed by atoms with Gasteiger partial charge in [0.25, 0.3) is 23.5 Å². The van der Waals surface area contributed by atoms with E-state index >= 15 is 0 Å². The summed E-state index contributed by atoms with van der Waals surface area (Å²) in [6, 6.07) is 0. The second-order valence-corrected chi connectivity index (χ2v) is 8.67. The van der Waals surface area contributed by atoms with Gasteiger partial charge in [0, 0.05) is 25.7 Å². The molecular formula is C25H24O14. The van der Waals surface area contributed by atoms with Crippen molar-refractivity contribution >= 4 is 29.8 Å². The maximum atomic E-state index is 12.6. The third kappa shape index (κ3) is 5.58. The molecule has 0 bridgehead atoms. The fourth-order valence-electron chi connectivity index (χ4n) is 3.96. The summed E-state index contributed by atoms with van der Waals surface area (Å²) in [5.74, 6) is -9.05. The Balaban J connectivity index is 1.35. The number of aliphatic hydroxyl groups is 2. The molecule has 2 spiro atoms. The first-order chi connectivity index (χ1) is 18.5. The van der Waals surface area contributed by atoms with Gasteiger partial charge in [0.1, 0.15) is 16.7 Å². The Bertz CT molecular complexity index is 1230. The Morgan fingerprint density at radius 2 is 1.44 bits per heavy atom. The maximum Gasteiger partial charge on any atom is 0.389 e. The predicted molar refractivity (Wildman–Crippen MR) is 122 cm³/mol. The maximum absolute atomic E-state index is 12.6. The molecule has 39 heavy (non-hydrogen) atoms. The van der Waals surface area contributed by atoms with Crippen molar-refractivity contribution in [2.24, 2.45) is 0 Å². The molecule has 0 aromatic carbocycles. The first kappa shape index (κ1) is 27.3. The van der Waals surface area contributed by atoms with Crippen molar-refractivity contribution < 1.29 is 67.3 Å². The minimum Gasteiger partial charge on any atom is -0.481 e. The molecule has 0 aromatic rings. The number of hydrogen-bond donors (Lipinski definition) is 2. The van der Waals surface area contributed by atoms with Crippen LogP contribution in [0.15, 0.2) is 59.0 Å². The van der Waals surface area contributed by atoms with Crippen LogP contribution in [0.3, 0.4) is 0 Å². The molecule has 0 aromatic heterocycles. The number of carbonyl (C=O) groups excluding carboxylic acids is 5. The number of allylic oxidation sites excluding steroid dienone is 4. The second kappa shape index (κ2) is 10.6. The van der Waals surface area contributed by atoms with Crippen molar-refractivity contribution in [1.29, 1.82) is 0 Å². The van der Waals surface area contributed by atoms with Crippen LogP contribution in [-0.2, 0) is 57.1 Å². The van der Waals surface area contributed by atoms with Gasteiger partial charge < -0.3 is 43.4 Å². The first-order valence-corrected chi connectivity index (χ1v) is 11.8. The summed E-state index contributed by atoms with van der Waals surface area (Å²) >= 11 is 0. The van der Waals surface area contributed by atoms with Crippen LogP contribution in [0, 0.1) is 0 Å². The van der Waals surface area contributed by atoms with Gasteiger partial charge in [-0.25, -0.2) is 24.0 Å². The molecule has 1 aliphatic carbocycles. The highest BCUT2D eigenvalue weighted by Gasteiger charge is 2.55. The highest BCUT2D eigenvalue weighted by molar-refractivity contribution is 6.15. The zero-order chi connectivity index (χ0) is 28.4. The number of carbonyl (C=O) groups is 5. The largest absolute Gasteiger partial charge is 0.481 e. The van der Waals surface area contributed by atoms with Gasteiger partial charge in [-0.1, -0.05) is 18.2 Å². The molecule has 0 amide bonds. The lowest BCUT2D eigenvalue weighted by Gasteiger charge is -2.45. The SMILES string of the molecule is CCOC(=O)C1OC(=O)C(C=CC=CC=C2C(=O)OC3(CCC4(CC3)OC(=O)C(C)=C(O)O4)OC2=O)=C(O)O1. The van der Waals surface area contributed by atoms with Crippen molar-refractivity contribution in [3.63, 3.8) is 0 Å². The van der Waals surface area contributed by atoms with E-state index in [0.717, 1.165) is 12.2 Å². The Labute approximate surface area is 220 Å². The van der Waals surface area contributed by atoms with E-state index < -0.39 is 65.2 Å². The van der Waals surface area contributed by atoms with E-state index in [4.69, 9.17) is 28.4 Å². The molecule has 1 saturated carbocycles. The molecule has 1 atom stereocenters. The van der Waals surface area contributed by atoms with E-state index in [2.05, 4.69) is 4.74 Å². The second-order valence-electron chi connectivity index (χ2n) is 8.67. The van der Waals surface area contributed by atoms with Crippen LogP contribution in [0.2, 0.25) is 0 Å². The van der Waals surface area contributed by atoms with Gasteiger partial charge in [-0.2, -0.15) is 0 Å². The van der Waals surface area contributed by atoms with Crippen LogP contribution in [0.1, 0.15) is 39.5 Å². The summed E-state index contributed by atoms with van der Waals surface area (Å²) in [5, 5.41) is 19.8. The van der Waals surface area contributed by atoms with Gasteiger partial charge in [-0.05, 0) is 26.0 Å². The van der Waals surface area contributed by atoms with Crippen molar-refractivity contribution in [3.8, 4) is 0 Å². The Hall–Kier alpha value is -4.75. The molecule has 4 aliphatic rings. The number of cyclic esters (lactones) is 1. The number of aliphatic hydroxyl groups excluding tert-OH is 2. The van der Waals surface area contributed by atoms with Gasteiger partial charge in [0.2, 0.25) is 0 Å². The molecular weight excluding hydrogens is 524 g/mol. The van der Waals surface area contributed by atoms with Crippen LogP contribution in [-0.4, -0.2) is 64.5 Å². The minimum absolute atomic E-state index is 0.00420. The highest BCUT2D eigenvalue weighted by Crippen LogP contribution is 2.45. The summed E-state index contributed by atoms with van der Waals surface area (Å²) in [6.07, 6.45) is 4.31. The van der Waals surface area contributed by atoms with Crippen LogP contribution < -0.4 is 0 Å². The van der Waals surface area contributed by atoms with Gasteiger partial charge >= 0.3 is 36.1 Å². The normalized spacial score (nSPS) is 29.2. The Kier molecular flexibility index (Phi) is 7.38. The highest BCUT2D eigenvalue weighted by atomic mass is 16.8. The molecule has 4 rings (SSSR count). The standard InChI is InChI=1S/C25H24O14/c1-3-33-22(32)23-34-18(28)14(19(29)35-23)7-5-4-6-8-15-20(30)38-25(39-21(15)31)11-9-24(10-12-25)36-16(26)13(2)17(27)37-24/h4-8,23,26,28H,3,9-12H2,1-2H3. The van der Waals surface area contributed by atoms with Crippen LogP contribution in [0.4, 0.5) is 0 Å². The van der Waals surface area contributed by atoms with Crippen molar-refractivity contribution in [1.82, 2.24) is 0 Å². The minimum atomic E-state index is -1.73. The summed E-state index contributed by atoms with van der Waals surface area (Å²) < 4.78 is 35.7. The summed E-state index contributed by atoms with van der Waals surface area (Å²) in [6.45, 7) is 2.91. The van der Waals surface area contributed by atoms with Crippen molar-refractivity contribution in [3.05, 3.63) is 59.0 Å². The zero-order valence-electron chi connectivity index (χ0n) is 20.8. The molecule has 2 N–H and O–H groups in total. The third-order valence-electron chi connectivity index (χ3n) is 6.07. The predicted octanol–water partition coefficient (Wildman–Crippen LogP) is 1.69. The topological polar surface area (TPSA) is 190 Å². The summed E-state index contributed by atoms with van der Waals surface area (Å²) in [7, 11) is 0. The number of hydrogen-bond acceptors (Lipinski definition) is 14. The lowest BCUT2D eigenvalue weighted by atomic mass is 9.87.